The molecule has 0 fully saturated rings. The SMILES string of the molecule is Cc1cc(Br)c(NS(=O)(=O)c2ccc(C#N)s2)c(Br)c1. The molecule has 4 nitrogen and oxygen atoms in total. The minimum atomic E-state index is -3.70. The number of aryl methyl sites for hydroxylation is 1. The highest BCUT2D eigenvalue weighted by Gasteiger charge is 2.20. The molecule has 0 aliphatic rings. The van der Waals surface area contributed by atoms with Crippen LogP contribution >= 0.6 is 43.2 Å². The maximum atomic E-state index is 12.3. The van der Waals surface area contributed by atoms with Crippen LogP contribution in [0.5, 0.6) is 0 Å². The van der Waals surface area contributed by atoms with E-state index in [1.165, 1.54) is 12.1 Å². The summed E-state index contributed by atoms with van der Waals surface area (Å²) in [6.07, 6.45) is 0. The number of hydrogen-bond acceptors (Lipinski definition) is 4. The number of halogens is 2. The number of thiophene rings is 1. The zero-order chi connectivity index (χ0) is 14.9. The first kappa shape index (κ1) is 15.5. The molecule has 0 spiro atoms. The molecule has 2 aromatic rings. The van der Waals surface area contributed by atoms with E-state index in [4.69, 9.17) is 5.26 Å². The molecular formula is C12H8Br2N2O2S2. The van der Waals surface area contributed by atoms with Crippen molar-refractivity contribution >= 4 is 58.9 Å². The van der Waals surface area contributed by atoms with Crippen LogP contribution in [0.4, 0.5) is 5.69 Å². The molecule has 0 saturated carbocycles. The Morgan fingerprint density at radius 2 is 1.85 bits per heavy atom. The third-order valence-electron chi connectivity index (χ3n) is 2.38. The van der Waals surface area contributed by atoms with Crippen molar-refractivity contribution in [2.75, 3.05) is 4.72 Å². The monoisotopic (exact) mass is 434 g/mol. The van der Waals surface area contributed by atoms with E-state index >= 15 is 0 Å². The molecule has 1 heterocycles. The van der Waals surface area contributed by atoms with E-state index in [0.29, 0.717) is 19.5 Å². The molecule has 1 N–H and O–H groups in total. The Labute approximate surface area is 137 Å². The lowest BCUT2D eigenvalue weighted by Gasteiger charge is -2.11. The number of sulfonamides is 1. The number of nitriles is 1. The van der Waals surface area contributed by atoms with Gasteiger partial charge in [-0.3, -0.25) is 4.72 Å². The predicted molar refractivity (Wildman–Crippen MR) is 86.4 cm³/mol. The largest absolute Gasteiger partial charge is 0.277 e. The number of hydrogen-bond donors (Lipinski definition) is 1. The van der Waals surface area contributed by atoms with Crippen molar-refractivity contribution in [1.82, 2.24) is 0 Å². The Morgan fingerprint density at radius 3 is 2.35 bits per heavy atom. The Bertz CT molecular complexity index is 784. The Hall–Kier alpha value is -0.880. The molecular weight excluding hydrogens is 428 g/mol. The van der Waals surface area contributed by atoms with E-state index in [2.05, 4.69) is 36.6 Å². The van der Waals surface area contributed by atoms with Crippen molar-refractivity contribution < 1.29 is 8.42 Å². The van der Waals surface area contributed by atoms with Crippen molar-refractivity contribution in [3.05, 3.63) is 43.7 Å². The summed E-state index contributed by atoms with van der Waals surface area (Å²) in [5.41, 5.74) is 1.43. The fraction of sp³-hybridized carbons (Fsp3) is 0.0833. The highest BCUT2D eigenvalue weighted by atomic mass is 79.9. The molecule has 0 unspecified atom stereocenters. The van der Waals surface area contributed by atoms with Crippen LogP contribution in [0.25, 0.3) is 0 Å². The van der Waals surface area contributed by atoms with E-state index in [0.717, 1.165) is 16.9 Å². The summed E-state index contributed by atoms with van der Waals surface area (Å²) in [5.74, 6) is 0. The summed E-state index contributed by atoms with van der Waals surface area (Å²) in [4.78, 5) is 0.354. The molecule has 2 rings (SSSR count). The molecule has 8 heteroatoms. The molecule has 0 saturated heterocycles. The van der Waals surface area contributed by atoms with E-state index in [1.54, 1.807) is 0 Å². The highest BCUT2D eigenvalue weighted by Crippen LogP contribution is 2.34. The van der Waals surface area contributed by atoms with E-state index in [-0.39, 0.29) is 4.21 Å². The minimum absolute atomic E-state index is 0.105. The summed E-state index contributed by atoms with van der Waals surface area (Å²) in [5, 5.41) is 8.76. The summed E-state index contributed by atoms with van der Waals surface area (Å²) >= 11 is 7.60. The second-order valence-corrected chi connectivity index (χ2v) is 8.64. The van der Waals surface area contributed by atoms with E-state index in [1.807, 2.05) is 25.1 Å². The average Bonchev–Trinajstić information content (AvgIpc) is 2.83. The molecule has 0 bridgehead atoms. The third-order valence-corrected chi connectivity index (χ3v) is 6.46. The Morgan fingerprint density at radius 1 is 1.25 bits per heavy atom. The van der Waals surface area contributed by atoms with Crippen molar-refractivity contribution in [3.63, 3.8) is 0 Å². The summed E-state index contributed by atoms with van der Waals surface area (Å²) in [7, 11) is -3.70. The highest BCUT2D eigenvalue weighted by molar-refractivity contribution is 9.11. The van der Waals surface area contributed by atoms with Gasteiger partial charge in [0.15, 0.2) is 0 Å². The van der Waals surface area contributed by atoms with Crippen LogP contribution in [-0.2, 0) is 10.0 Å². The van der Waals surface area contributed by atoms with E-state index < -0.39 is 10.0 Å². The van der Waals surface area contributed by atoms with Crippen LogP contribution in [0, 0.1) is 18.3 Å². The lowest BCUT2D eigenvalue weighted by atomic mass is 10.2. The zero-order valence-corrected chi connectivity index (χ0v) is 15.0. The first-order chi connectivity index (χ1) is 9.33. The topological polar surface area (TPSA) is 70.0 Å². The molecule has 0 radical (unpaired) electrons. The maximum Gasteiger partial charge on any atom is 0.271 e. The predicted octanol–water partition coefficient (Wildman–Crippen LogP) is 4.25. The number of nitrogens with zero attached hydrogens (tertiary/aromatic N) is 1. The zero-order valence-electron chi connectivity index (χ0n) is 10.1. The first-order valence-electron chi connectivity index (χ1n) is 5.32. The minimum Gasteiger partial charge on any atom is -0.277 e. The second-order valence-electron chi connectivity index (χ2n) is 3.94. The molecule has 0 aliphatic heterocycles. The molecule has 20 heavy (non-hydrogen) atoms. The first-order valence-corrected chi connectivity index (χ1v) is 9.20. The molecule has 104 valence electrons. The van der Waals surface area contributed by atoms with Crippen molar-refractivity contribution in [2.45, 2.75) is 11.1 Å². The fourth-order valence-corrected chi connectivity index (χ4v) is 5.59. The summed E-state index contributed by atoms with van der Waals surface area (Å²) in [6.45, 7) is 1.91. The smallest absolute Gasteiger partial charge is 0.271 e. The van der Waals surface area contributed by atoms with Gasteiger partial charge in [-0.2, -0.15) is 5.26 Å². The molecule has 0 amide bonds. The second kappa shape index (κ2) is 5.85. The van der Waals surface area contributed by atoms with Gasteiger partial charge in [0.05, 0.1) is 5.69 Å². The number of nitrogens with one attached hydrogen (secondary N) is 1. The standard InChI is InChI=1S/C12H8Br2N2O2S2/c1-7-4-9(13)12(10(14)5-7)16-20(17,18)11-3-2-8(6-15)19-11/h2-5,16H,1H3. The number of rotatable bonds is 3. The quantitative estimate of drug-likeness (QED) is 0.783. The summed E-state index contributed by atoms with van der Waals surface area (Å²) < 4.78 is 28.4. The lowest BCUT2D eigenvalue weighted by molar-refractivity contribution is 0.603. The lowest BCUT2D eigenvalue weighted by Crippen LogP contribution is -2.12. The van der Waals surface area contributed by atoms with Gasteiger partial charge in [-0.15, -0.1) is 11.3 Å². The van der Waals surface area contributed by atoms with E-state index in [9.17, 15) is 8.42 Å². The molecule has 0 aliphatic carbocycles. The van der Waals surface area contributed by atoms with Crippen LogP contribution in [0.2, 0.25) is 0 Å². The fourth-order valence-electron chi connectivity index (χ4n) is 1.51. The molecule has 0 atom stereocenters. The van der Waals surface area contributed by atoms with Crippen molar-refractivity contribution in [3.8, 4) is 6.07 Å². The number of benzene rings is 1. The normalized spacial score (nSPS) is 11.1. The van der Waals surface area contributed by atoms with Crippen LogP contribution in [0.3, 0.4) is 0 Å². The third kappa shape index (κ3) is 3.23. The van der Waals surface area contributed by atoms with Crippen LogP contribution in [-0.4, -0.2) is 8.42 Å². The van der Waals surface area contributed by atoms with Gasteiger partial charge in [-0.05, 0) is 68.6 Å². The van der Waals surface area contributed by atoms with Gasteiger partial charge in [0.1, 0.15) is 15.2 Å². The van der Waals surface area contributed by atoms with Crippen molar-refractivity contribution in [2.24, 2.45) is 0 Å². The van der Waals surface area contributed by atoms with Gasteiger partial charge in [-0.25, -0.2) is 8.42 Å². The van der Waals surface area contributed by atoms with Gasteiger partial charge in [0, 0.05) is 8.95 Å². The van der Waals surface area contributed by atoms with Crippen LogP contribution in [0.15, 0.2) is 37.4 Å². The number of anilines is 1. The van der Waals surface area contributed by atoms with Gasteiger partial charge >= 0.3 is 0 Å². The van der Waals surface area contributed by atoms with Crippen LogP contribution in [0.1, 0.15) is 10.4 Å². The van der Waals surface area contributed by atoms with Gasteiger partial charge in [-0.1, -0.05) is 0 Å². The van der Waals surface area contributed by atoms with Gasteiger partial charge < -0.3 is 0 Å². The van der Waals surface area contributed by atoms with Crippen LogP contribution < -0.4 is 4.72 Å². The van der Waals surface area contributed by atoms with Gasteiger partial charge in [0.2, 0.25) is 0 Å². The average molecular weight is 436 g/mol. The van der Waals surface area contributed by atoms with Gasteiger partial charge in [0.25, 0.3) is 10.0 Å². The Kier molecular flexibility index (Phi) is 4.54. The van der Waals surface area contributed by atoms with Crippen molar-refractivity contribution in [1.29, 1.82) is 5.26 Å². The molecule has 1 aromatic carbocycles. The maximum absolute atomic E-state index is 12.3. The Balaban J connectivity index is 2.41. The summed E-state index contributed by atoms with van der Waals surface area (Å²) in [6, 6.07) is 8.46. The molecule has 1 aromatic heterocycles.